The van der Waals surface area contributed by atoms with Crippen LogP contribution in [0, 0.1) is 0 Å². The second kappa shape index (κ2) is 12.8. The van der Waals surface area contributed by atoms with Crippen LogP contribution in [0.15, 0.2) is 63.5 Å². The molecule has 2 heterocycles. The van der Waals surface area contributed by atoms with Crippen molar-refractivity contribution in [1.29, 1.82) is 0 Å². The fraction of sp³-hybridized carbons (Fsp3) is 0.310. The minimum absolute atomic E-state index is 0.0429. The quantitative estimate of drug-likeness (QED) is 0.272. The summed E-state index contributed by atoms with van der Waals surface area (Å²) in [7, 11) is 4.36. The number of fused-ring (bicyclic) bond motifs is 1. The van der Waals surface area contributed by atoms with Crippen molar-refractivity contribution in [1.82, 2.24) is 4.57 Å². The van der Waals surface area contributed by atoms with Crippen LogP contribution in [-0.4, -0.2) is 57.7 Å². The maximum absolute atomic E-state index is 13.9. The Balaban J connectivity index is 1.92. The van der Waals surface area contributed by atoms with E-state index < -0.39 is 18.0 Å². The number of aromatic nitrogens is 1. The van der Waals surface area contributed by atoms with Crippen molar-refractivity contribution in [2.45, 2.75) is 19.9 Å². The van der Waals surface area contributed by atoms with Gasteiger partial charge in [0.2, 0.25) is 0 Å². The lowest BCUT2D eigenvalue weighted by molar-refractivity contribution is -0.140. The molecule has 1 atom stereocenters. The molecule has 0 saturated carbocycles. The largest absolute Gasteiger partial charge is 0.493 e. The molecule has 0 spiro atoms. The van der Waals surface area contributed by atoms with Crippen molar-refractivity contribution in [3.8, 4) is 11.5 Å². The van der Waals surface area contributed by atoms with Gasteiger partial charge in [-0.1, -0.05) is 35.6 Å². The number of carbonyl (C=O) groups is 2. The van der Waals surface area contributed by atoms with Crippen LogP contribution in [0.3, 0.4) is 0 Å². The summed E-state index contributed by atoms with van der Waals surface area (Å²) in [5.41, 5.74) is 1.96. The lowest BCUT2D eigenvalue weighted by Crippen LogP contribution is -2.40. The van der Waals surface area contributed by atoms with Crippen LogP contribution in [0.25, 0.3) is 6.08 Å². The summed E-state index contributed by atoms with van der Waals surface area (Å²) >= 11 is 1.20. The molecule has 4 rings (SSSR count). The number of methoxy groups -OCH3 is 3. The zero-order chi connectivity index (χ0) is 28.8. The van der Waals surface area contributed by atoms with E-state index in [2.05, 4.69) is 4.99 Å². The molecule has 0 radical (unpaired) electrons. The summed E-state index contributed by atoms with van der Waals surface area (Å²) in [6.45, 7) is 4.16. The number of esters is 2. The highest BCUT2D eigenvalue weighted by Crippen LogP contribution is 2.40. The van der Waals surface area contributed by atoms with Gasteiger partial charge in [-0.3, -0.25) is 9.36 Å². The molecule has 1 aliphatic heterocycles. The number of allylic oxidation sites excluding steroid dienone is 1. The van der Waals surface area contributed by atoms with Crippen LogP contribution >= 0.6 is 11.3 Å². The molecule has 0 bridgehead atoms. The van der Waals surface area contributed by atoms with E-state index in [0.29, 0.717) is 49.8 Å². The lowest BCUT2D eigenvalue weighted by atomic mass is 9.94. The third-order valence-corrected chi connectivity index (χ3v) is 7.19. The van der Waals surface area contributed by atoms with Gasteiger partial charge in [0.25, 0.3) is 5.56 Å². The predicted octanol–water partition coefficient (Wildman–Crippen LogP) is 2.62. The molecule has 0 fully saturated rings. The van der Waals surface area contributed by atoms with Crippen LogP contribution < -0.4 is 24.4 Å². The smallest absolute Gasteiger partial charge is 0.338 e. The fourth-order valence-corrected chi connectivity index (χ4v) is 5.41. The number of hydrogen-bond donors (Lipinski definition) is 0. The third kappa shape index (κ3) is 5.70. The van der Waals surface area contributed by atoms with E-state index >= 15 is 0 Å². The SMILES string of the molecule is CCOc1c(OC)cccc1[C@@H]1C(C(=O)OCCOC)=C(C)N=c2s/c(=C/c3ccc(C(=O)OC)cc3)c(=O)n21. The second-order valence-corrected chi connectivity index (χ2v) is 9.64. The Kier molecular flexibility index (Phi) is 9.18. The Morgan fingerprint density at radius 2 is 1.80 bits per heavy atom. The third-order valence-electron chi connectivity index (χ3n) is 6.20. The van der Waals surface area contributed by atoms with Gasteiger partial charge in [0.15, 0.2) is 16.3 Å². The van der Waals surface area contributed by atoms with E-state index in [9.17, 15) is 14.4 Å². The van der Waals surface area contributed by atoms with E-state index in [1.165, 1.54) is 37.2 Å². The zero-order valence-electron chi connectivity index (χ0n) is 22.9. The van der Waals surface area contributed by atoms with Crippen LogP contribution in [0.2, 0.25) is 0 Å². The number of carbonyl (C=O) groups excluding carboxylic acids is 2. The molecule has 0 saturated heterocycles. The van der Waals surface area contributed by atoms with Crippen molar-refractivity contribution < 1.29 is 33.3 Å². The molecule has 0 amide bonds. The molecule has 210 valence electrons. The molecule has 2 aromatic carbocycles. The minimum atomic E-state index is -0.883. The van der Waals surface area contributed by atoms with Crippen molar-refractivity contribution in [2.24, 2.45) is 4.99 Å². The van der Waals surface area contributed by atoms with Gasteiger partial charge in [-0.15, -0.1) is 0 Å². The van der Waals surface area contributed by atoms with Gasteiger partial charge in [-0.25, -0.2) is 14.6 Å². The Hall–Kier alpha value is -4.22. The summed E-state index contributed by atoms with van der Waals surface area (Å²) in [5.74, 6) is -0.174. The molecule has 40 heavy (non-hydrogen) atoms. The summed E-state index contributed by atoms with van der Waals surface area (Å²) < 4.78 is 28.7. The summed E-state index contributed by atoms with van der Waals surface area (Å²) in [6.07, 6.45) is 1.72. The molecular formula is C29H30N2O8S. The highest BCUT2D eigenvalue weighted by atomic mass is 32.1. The lowest BCUT2D eigenvalue weighted by Gasteiger charge is -2.27. The molecule has 1 aliphatic rings. The first-order chi connectivity index (χ1) is 19.3. The van der Waals surface area contributed by atoms with E-state index in [0.717, 1.165) is 0 Å². The van der Waals surface area contributed by atoms with Crippen LogP contribution in [-0.2, 0) is 19.0 Å². The van der Waals surface area contributed by atoms with Gasteiger partial charge < -0.3 is 23.7 Å². The molecule has 3 aromatic rings. The van der Waals surface area contributed by atoms with Gasteiger partial charge in [0, 0.05) is 12.7 Å². The van der Waals surface area contributed by atoms with Gasteiger partial charge in [0.1, 0.15) is 12.6 Å². The average molecular weight is 567 g/mol. The number of hydrogen-bond acceptors (Lipinski definition) is 10. The highest BCUT2D eigenvalue weighted by molar-refractivity contribution is 7.07. The topological polar surface area (TPSA) is 115 Å². The maximum Gasteiger partial charge on any atom is 0.338 e. The number of nitrogens with zero attached hydrogens (tertiary/aromatic N) is 2. The van der Waals surface area contributed by atoms with E-state index in [1.54, 1.807) is 55.5 Å². The van der Waals surface area contributed by atoms with Crippen LogP contribution in [0.1, 0.15) is 41.4 Å². The molecular weight excluding hydrogens is 536 g/mol. The van der Waals surface area contributed by atoms with E-state index in [4.69, 9.17) is 23.7 Å². The van der Waals surface area contributed by atoms with Crippen molar-refractivity contribution >= 4 is 29.4 Å². The first-order valence-electron chi connectivity index (χ1n) is 12.5. The predicted molar refractivity (Wildman–Crippen MR) is 149 cm³/mol. The molecule has 11 heteroatoms. The number of rotatable bonds is 10. The number of ether oxygens (including phenoxy) is 5. The van der Waals surface area contributed by atoms with Crippen molar-refractivity contribution in [3.63, 3.8) is 0 Å². The summed E-state index contributed by atoms with van der Waals surface area (Å²) in [5, 5.41) is 0. The van der Waals surface area contributed by atoms with Gasteiger partial charge >= 0.3 is 11.9 Å². The Bertz CT molecular complexity index is 1620. The van der Waals surface area contributed by atoms with Crippen LogP contribution in [0.5, 0.6) is 11.5 Å². The second-order valence-electron chi connectivity index (χ2n) is 8.64. The van der Waals surface area contributed by atoms with Crippen molar-refractivity contribution in [2.75, 3.05) is 41.2 Å². The average Bonchev–Trinajstić information content (AvgIpc) is 3.26. The standard InChI is InChI=1S/C29H30N2O8S/c1-6-38-25-20(8-7-9-21(25)36-4)24-23(28(34)39-15-14-35-3)17(2)30-29-31(24)26(32)22(40-29)16-18-10-12-19(13-11-18)27(33)37-5/h7-13,16,24H,6,14-15H2,1-5H3/b22-16+/t24-/m1/s1. The number of thiazole rings is 1. The van der Waals surface area contributed by atoms with Gasteiger partial charge in [0.05, 0.1) is 48.8 Å². The summed E-state index contributed by atoms with van der Waals surface area (Å²) in [4.78, 5) is 44.2. The monoisotopic (exact) mass is 566 g/mol. The van der Waals surface area contributed by atoms with Crippen molar-refractivity contribution in [3.05, 3.63) is 90.1 Å². The molecule has 0 unspecified atom stereocenters. The first-order valence-corrected chi connectivity index (χ1v) is 13.3. The summed E-state index contributed by atoms with van der Waals surface area (Å²) in [6, 6.07) is 11.1. The fourth-order valence-electron chi connectivity index (χ4n) is 4.36. The zero-order valence-corrected chi connectivity index (χ0v) is 23.7. The van der Waals surface area contributed by atoms with Crippen LogP contribution in [0.4, 0.5) is 0 Å². The first kappa shape index (κ1) is 28.8. The number of benzene rings is 2. The van der Waals surface area contributed by atoms with Gasteiger partial charge in [-0.2, -0.15) is 0 Å². The van der Waals surface area contributed by atoms with E-state index in [1.807, 2.05) is 6.92 Å². The minimum Gasteiger partial charge on any atom is -0.493 e. The molecule has 0 aliphatic carbocycles. The normalized spacial score (nSPS) is 14.8. The Labute approximate surface area is 234 Å². The maximum atomic E-state index is 13.9. The molecule has 10 nitrogen and oxygen atoms in total. The Morgan fingerprint density at radius 1 is 1.05 bits per heavy atom. The number of para-hydroxylation sites is 1. The van der Waals surface area contributed by atoms with E-state index in [-0.39, 0.29) is 24.3 Å². The highest BCUT2D eigenvalue weighted by Gasteiger charge is 2.36. The molecule has 0 N–H and O–H groups in total. The molecule has 1 aromatic heterocycles. The van der Waals surface area contributed by atoms with Gasteiger partial charge in [-0.05, 0) is 43.7 Å². The Morgan fingerprint density at radius 3 is 2.45 bits per heavy atom.